The molecule has 0 fully saturated rings. The fraction of sp³-hybridized carbons (Fsp3) is 0.130. The third kappa shape index (κ3) is 4.29. The minimum atomic E-state index is -3.86. The molecule has 7 nitrogen and oxygen atoms in total. The molecule has 3 aromatic rings. The predicted molar refractivity (Wildman–Crippen MR) is 115 cm³/mol. The molecule has 0 spiro atoms. The second-order valence-electron chi connectivity index (χ2n) is 6.94. The summed E-state index contributed by atoms with van der Waals surface area (Å²) in [6.45, 7) is -0.0641. The van der Waals surface area contributed by atoms with E-state index in [2.05, 4.69) is 5.32 Å². The molecule has 158 valence electrons. The van der Waals surface area contributed by atoms with Crippen LogP contribution in [0.3, 0.4) is 0 Å². The van der Waals surface area contributed by atoms with E-state index in [-0.39, 0.29) is 35.8 Å². The number of amides is 2. The second kappa shape index (κ2) is 8.61. The van der Waals surface area contributed by atoms with Gasteiger partial charge in [0.15, 0.2) is 5.75 Å². The monoisotopic (exact) mass is 436 g/mol. The third-order valence-corrected chi connectivity index (χ3v) is 6.65. The van der Waals surface area contributed by atoms with Crippen molar-refractivity contribution in [2.24, 2.45) is 0 Å². The lowest BCUT2D eigenvalue weighted by Crippen LogP contribution is -2.31. The summed E-state index contributed by atoms with van der Waals surface area (Å²) < 4.78 is 31.8. The maximum absolute atomic E-state index is 12.6. The minimum absolute atomic E-state index is 0.0106. The van der Waals surface area contributed by atoms with Crippen molar-refractivity contribution in [3.63, 3.8) is 0 Å². The highest BCUT2D eigenvalue weighted by molar-refractivity contribution is 7.90. The first-order chi connectivity index (χ1) is 15.0. The van der Waals surface area contributed by atoms with E-state index in [0.717, 1.165) is 4.31 Å². The van der Waals surface area contributed by atoms with Crippen LogP contribution in [0.15, 0.2) is 83.8 Å². The molecule has 1 heterocycles. The Morgan fingerprint density at radius 2 is 1.58 bits per heavy atom. The second-order valence-corrected chi connectivity index (χ2v) is 8.77. The van der Waals surface area contributed by atoms with E-state index >= 15 is 0 Å². The first-order valence-electron chi connectivity index (χ1n) is 9.75. The first kappa shape index (κ1) is 20.6. The molecule has 1 N–H and O–H groups in total. The molecule has 8 heteroatoms. The van der Waals surface area contributed by atoms with E-state index in [1.807, 2.05) is 30.3 Å². The first-order valence-corrected chi connectivity index (χ1v) is 11.2. The quantitative estimate of drug-likeness (QED) is 0.603. The number of carbonyl (C=O) groups is 2. The molecule has 0 aromatic heterocycles. The standard InChI is InChI=1S/C23H20N2O5S/c26-22(24-19-12-5-6-13-20(19)30-17-9-2-1-3-10-17)15-8-16-25-23(27)18-11-4-7-14-21(18)31(25,28)29/h1-7,9-14H,8,15-16H2,(H,24,26). The Bertz CT molecular complexity index is 1230. The zero-order valence-corrected chi connectivity index (χ0v) is 17.3. The van der Waals surface area contributed by atoms with Crippen molar-refractivity contribution >= 4 is 27.5 Å². The Morgan fingerprint density at radius 1 is 0.903 bits per heavy atom. The van der Waals surface area contributed by atoms with Gasteiger partial charge in [0.05, 0.1) is 11.3 Å². The predicted octanol–water partition coefficient (Wildman–Crippen LogP) is 4.04. The van der Waals surface area contributed by atoms with Gasteiger partial charge in [0.1, 0.15) is 10.6 Å². The number of hydrogen-bond donors (Lipinski definition) is 1. The Balaban J connectivity index is 1.36. The minimum Gasteiger partial charge on any atom is -0.455 e. The average Bonchev–Trinajstić information content (AvgIpc) is 2.97. The Labute approximate surface area is 180 Å². The molecule has 0 bridgehead atoms. The van der Waals surface area contributed by atoms with Crippen molar-refractivity contribution in [1.29, 1.82) is 0 Å². The number of ether oxygens (including phenoxy) is 1. The van der Waals surface area contributed by atoms with Crippen LogP contribution in [0.25, 0.3) is 0 Å². The van der Waals surface area contributed by atoms with Gasteiger partial charge in [-0.05, 0) is 42.8 Å². The van der Waals surface area contributed by atoms with Gasteiger partial charge in [-0.25, -0.2) is 12.7 Å². The molecule has 2 amide bonds. The van der Waals surface area contributed by atoms with Gasteiger partial charge in [0.2, 0.25) is 5.91 Å². The van der Waals surface area contributed by atoms with Gasteiger partial charge in [0, 0.05) is 13.0 Å². The summed E-state index contributed by atoms with van der Waals surface area (Å²) in [5.74, 6) is 0.277. The van der Waals surface area contributed by atoms with Crippen molar-refractivity contribution < 1.29 is 22.7 Å². The van der Waals surface area contributed by atoms with Crippen LogP contribution in [0, 0.1) is 0 Å². The molecule has 4 rings (SSSR count). The molecular formula is C23H20N2O5S. The van der Waals surface area contributed by atoms with Crippen LogP contribution < -0.4 is 10.1 Å². The van der Waals surface area contributed by atoms with E-state index in [9.17, 15) is 18.0 Å². The fourth-order valence-corrected chi connectivity index (χ4v) is 4.93. The molecule has 31 heavy (non-hydrogen) atoms. The van der Waals surface area contributed by atoms with Crippen molar-refractivity contribution in [2.75, 3.05) is 11.9 Å². The lowest BCUT2D eigenvalue weighted by Gasteiger charge is -2.15. The fourth-order valence-electron chi connectivity index (χ4n) is 3.32. The lowest BCUT2D eigenvalue weighted by molar-refractivity contribution is -0.116. The topological polar surface area (TPSA) is 92.8 Å². The van der Waals surface area contributed by atoms with Gasteiger partial charge in [-0.2, -0.15) is 0 Å². The Hall–Kier alpha value is -3.65. The van der Waals surface area contributed by atoms with Crippen LogP contribution in [0.4, 0.5) is 5.69 Å². The van der Waals surface area contributed by atoms with Crippen LogP contribution >= 0.6 is 0 Å². The normalized spacial score (nSPS) is 14.2. The average molecular weight is 436 g/mol. The van der Waals surface area contributed by atoms with Crippen LogP contribution in [-0.2, 0) is 14.8 Å². The smallest absolute Gasteiger partial charge is 0.269 e. The molecule has 3 aromatic carbocycles. The summed E-state index contributed by atoms with van der Waals surface area (Å²) >= 11 is 0. The summed E-state index contributed by atoms with van der Waals surface area (Å²) in [5, 5.41) is 2.79. The van der Waals surface area contributed by atoms with Gasteiger partial charge in [-0.1, -0.05) is 42.5 Å². The van der Waals surface area contributed by atoms with Crippen molar-refractivity contribution in [1.82, 2.24) is 4.31 Å². The Kier molecular flexibility index (Phi) is 5.73. The van der Waals surface area contributed by atoms with Gasteiger partial charge in [-0.15, -0.1) is 0 Å². The van der Waals surface area contributed by atoms with E-state index in [0.29, 0.717) is 17.2 Å². The number of carbonyl (C=O) groups excluding carboxylic acids is 2. The lowest BCUT2D eigenvalue weighted by atomic mass is 10.2. The van der Waals surface area contributed by atoms with E-state index < -0.39 is 15.9 Å². The number of rotatable bonds is 7. The number of nitrogens with one attached hydrogen (secondary N) is 1. The van der Waals surface area contributed by atoms with Crippen molar-refractivity contribution in [3.8, 4) is 11.5 Å². The number of para-hydroxylation sites is 3. The molecule has 0 aliphatic carbocycles. The molecule has 0 saturated heterocycles. The maximum atomic E-state index is 12.6. The van der Waals surface area contributed by atoms with Gasteiger partial charge in [-0.3, -0.25) is 9.59 Å². The summed E-state index contributed by atoms with van der Waals surface area (Å²) in [4.78, 5) is 24.9. The van der Waals surface area contributed by atoms with E-state index in [1.165, 1.54) is 12.1 Å². The number of benzene rings is 3. The van der Waals surface area contributed by atoms with Gasteiger partial charge >= 0.3 is 0 Å². The zero-order chi connectivity index (χ0) is 21.8. The number of sulfonamides is 1. The summed E-state index contributed by atoms with van der Waals surface area (Å²) in [7, 11) is -3.86. The highest BCUT2D eigenvalue weighted by Crippen LogP contribution is 2.31. The molecular weight excluding hydrogens is 416 g/mol. The molecule has 0 unspecified atom stereocenters. The molecule has 1 aliphatic rings. The Morgan fingerprint density at radius 3 is 2.35 bits per heavy atom. The highest BCUT2D eigenvalue weighted by Gasteiger charge is 2.40. The van der Waals surface area contributed by atoms with Crippen LogP contribution in [0.5, 0.6) is 11.5 Å². The number of anilines is 1. The van der Waals surface area contributed by atoms with E-state index in [4.69, 9.17) is 4.74 Å². The largest absolute Gasteiger partial charge is 0.455 e. The highest BCUT2D eigenvalue weighted by atomic mass is 32.2. The molecule has 0 atom stereocenters. The molecule has 1 aliphatic heterocycles. The van der Waals surface area contributed by atoms with Crippen molar-refractivity contribution in [2.45, 2.75) is 17.7 Å². The third-order valence-electron chi connectivity index (χ3n) is 4.81. The number of fused-ring (bicyclic) bond motifs is 1. The van der Waals surface area contributed by atoms with Gasteiger partial charge in [0.25, 0.3) is 15.9 Å². The molecule has 0 radical (unpaired) electrons. The maximum Gasteiger partial charge on any atom is 0.269 e. The number of nitrogens with zero attached hydrogens (tertiary/aromatic N) is 1. The summed E-state index contributed by atoms with van der Waals surface area (Å²) in [5.41, 5.74) is 0.674. The SMILES string of the molecule is O=C(CCCN1C(=O)c2ccccc2S1(=O)=O)Nc1ccccc1Oc1ccccc1. The van der Waals surface area contributed by atoms with Crippen LogP contribution in [0.2, 0.25) is 0 Å². The van der Waals surface area contributed by atoms with E-state index in [1.54, 1.807) is 36.4 Å². The van der Waals surface area contributed by atoms with Crippen molar-refractivity contribution in [3.05, 3.63) is 84.4 Å². The zero-order valence-electron chi connectivity index (χ0n) is 16.5. The molecule has 0 saturated carbocycles. The summed E-state index contributed by atoms with van der Waals surface area (Å²) in [6, 6.07) is 22.4. The van der Waals surface area contributed by atoms with Crippen LogP contribution in [-0.4, -0.2) is 31.1 Å². The van der Waals surface area contributed by atoms with Gasteiger partial charge < -0.3 is 10.1 Å². The number of hydrogen-bond acceptors (Lipinski definition) is 5. The summed E-state index contributed by atoms with van der Waals surface area (Å²) in [6.07, 6.45) is 0.252. The van der Waals surface area contributed by atoms with Crippen LogP contribution in [0.1, 0.15) is 23.2 Å².